The van der Waals surface area contributed by atoms with Gasteiger partial charge in [-0.25, -0.2) is 0 Å². The van der Waals surface area contributed by atoms with Crippen LogP contribution in [0.1, 0.15) is 15.9 Å². The second kappa shape index (κ2) is 2.17. The lowest BCUT2D eigenvalue weighted by Gasteiger charge is -2.08. The molecule has 2 rings (SSSR count). The normalized spacial score (nSPS) is 15.2. The van der Waals surface area contributed by atoms with E-state index in [9.17, 15) is 4.79 Å². The summed E-state index contributed by atoms with van der Waals surface area (Å²) in [5, 5.41) is 7.21. The zero-order valence-corrected chi connectivity index (χ0v) is 6.19. The molecule has 2 heterocycles. The zero-order valence-electron chi connectivity index (χ0n) is 6.19. The molecule has 0 aromatic carbocycles. The SMILES string of the molecule is [B]N1C(=C)c2cnncc2C1=O. The Morgan fingerprint density at radius 1 is 1.33 bits per heavy atom. The van der Waals surface area contributed by atoms with Gasteiger partial charge in [0.15, 0.2) is 0 Å². The average Bonchev–Trinajstić information content (AvgIpc) is 2.33. The molecule has 2 radical (unpaired) electrons. The Bertz CT molecular complexity index is 342. The monoisotopic (exact) mass is 157 g/mol. The number of hydrogen-bond acceptors (Lipinski definition) is 3. The van der Waals surface area contributed by atoms with Gasteiger partial charge in [-0.1, -0.05) is 6.58 Å². The van der Waals surface area contributed by atoms with Gasteiger partial charge >= 0.3 is 0 Å². The van der Waals surface area contributed by atoms with E-state index in [4.69, 9.17) is 7.98 Å². The van der Waals surface area contributed by atoms with Crippen molar-refractivity contribution >= 4 is 19.6 Å². The lowest BCUT2D eigenvalue weighted by molar-refractivity contribution is 0.0917. The number of amides is 1. The van der Waals surface area contributed by atoms with Gasteiger partial charge in [-0.3, -0.25) is 4.79 Å². The van der Waals surface area contributed by atoms with E-state index < -0.39 is 0 Å². The predicted octanol–water partition coefficient (Wildman–Crippen LogP) is -0.0134. The summed E-state index contributed by atoms with van der Waals surface area (Å²) in [5.74, 6) is -0.287. The molecule has 4 nitrogen and oxygen atoms in total. The molecule has 0 saturated carbocycles. The van der Waals surface area contributed by atoms with E-state index in [1.54, 1.807) is 0 Å². The zero-order chi connectivity index (χ0) is 8.72. The molecule has 0 fully saturated rings. The van der Waals surface area contributed by atoms with Crippen LogP contribution in [-0.2, 0) is 0 Å². The highest BCUT2D eigenvalue weighted by atomic mass is 16.2. The summed E-state index contributed by atoms with van der Waals surface area (Å²) in [5.41, 5.74) is 1.57. The number of rotatable bonds is 0. The van der Waals surface area contributed by atoms with Crippen LogP contribution in [0.5, 0.6) is 0 Å². The maximum absolute atomic E-state index is 11.3. The smallest absolute Gasteiger partial charge is 0.247 e. The summed E-state index contributed by atoms with van der Waals surface area (Å²) in [6.07, 6.45) is 2.86. The van der Waals surface area contributed by atoms with Crippen molar-refractivity contribution in [1.82, 2.24) is 15.0 Å². The Kier molecular flexibility index (Phi) is 1.27. The molecule has 0 atom stereocenters. The lowest BCUT2D eigenvalue weighted by Crippen LogP contribution is -2.18. The molecule has 0 unspecified atom stereocenters. The van der Waals surface area contributed by atoms with Crippen molar-refractivity contribution in [2.75, 3.05) is 0 Å². The Morgan fingerprint density at radius 3 is 2.50 bits per heavy atom. The molecule has 0 spiro atoms. The van der Waals surface area contributed by atoms with Crippen molar-refractivity contribution < 1.29 is 4.79 Å². The molecular weight excluding hydrogens is 153 g/mol. The number of nitrogens with zero attached hydrogens (tertiary/aromatic N) is 3. The molecule has 1 aliphatic rings. The summed E-state index contributed by atoms with van der Waals surface area (Å²) in [7, 11) is 5.40. The van der Waals surface area contributed by atoms with Crippen LogP contribution in [0, 0.1) is 0 Å². The van der Waals surface area contributed by atoms with E-state index in [0.29, 0.717) is 16.8 Å². The highest BCUT2D eigenvalue weighted by Gasteiger charge is 2.27. The summed E-state index contributed by atoms with van der Waals surface area (Å²) in [6.45, 7) is 3.64. The second-order valence-electron chi connectivity index (χ2n) is 2.44. The molecule has 0 bridgehead atoms. The lowest BCUT2D eigenvalue weighted by atomic mass is 10.2. The van der Waals surface area contributed by atoms with Crippen LogP contribution < -0.4 is 0 Å². The third kappa shape index (κ3) is 0.703. The molecule has 0 N–H and O–H groups in total. The molecule has 1 aliphatic heterocycles. The maximum atomic E-state index is 11.3. The predicted molar refractivity (Wildman–Crippen MR) is 43.0 cm³/mol. The van der Waals surface area contributed by atoms with Gasteiger partial charge in [-0.05, 0) is 0 Å². The van der Waals surface area contributed by atoms with Crippen molar-refractivity contribution in [3.63, 3.8) is 0 Å². The Balaban J connectivity index is 2.67. The summed E-state index contributed by atoms with van der Waals surface area (Å²) in [6, 6.07) is 0. The van der Waals surface area contributed by atoms with E-state index in [-0.39, 0.29) is 5.91 Å². The molecule has 56 valence electrons. The maximum Gasteiger partial charge on any atom is 0.247 e. The molecule has 5 heteroatoms. The number of carbonyl (C=O) groups is 1. The average molecular weight is 157 g/mol. The van der Waals surface area contributed by atoms with Gasteiger partial charge in [0.25, 0.3) is 0 Å². The van der Waals surface area contributed by atoms with Crippen LogP contribution in [0.4, 0.5) is 0 Å². The second-order valence-corrected chi connectivity index (χ2v) is 2.44. The van der Waals surface area contributed by atoms with E-state index in [2.05, 4.69) is 16.8 Å². The van der Waals surface area contributed by atoms with Crippen LogP contribution in [0.15, 0.2) is 19.0 Å². The van der Waals surface area contributed by atoms with Gasteiger partial charge in [0.05, 0.1) is 18.0 Å². The van der Waals surface area contributed by atoms with Crippen molar-refractivity contribution in [3.8, 4) is 0 Å². The fourth-order valence-electron chi connectivity index (χ4n) is 1.10. The van der Waals surface area contributed by atoms with Crippen molar-refractivity contribution in [2.45, 2.75) is 0 Å². The molecule has 1 aromatic heterocycles. The summed E-state index contributed by atoms with van der Waals surface area (Å²) >= 11 is 0. The topological polar surface area (TPSA) is 46.1 Å². The van der Waals surface area contributed by atoms with Gasteiger partial charge in [0.1, 0.15) is 0 Å². The first-order valence-electron chi connectivity index (χ1n) is 3.31. The first-order valence-corrected chi connectivity index (χ1v) is 3.31. The number of hydrogen-bond donors (Lipinski definition) is 0. The fraction of sp³-hybridized carbons (Fsp3) is 0. The van der Waals surface area contributed by atoms with Crippen LogP contribution >= 0.6 is 0 Å². The first kappa shape index (κ1) is 7.03. The Morgan fingerprint density at radius 2 is 1.92 bits per heavy atom. The minimum atomic E-state index is -0.287. The van der Waals surface area contributed by atoms with E-state index in [1.807, 2.05) is 0 Å². The van der Waals surface area contributed by atoms with Gasteiger partial charge < -0.3 is 4.81 Å². The molecule has 0 aliphatic carbocycles. The standard InChI is InChI=1S/C7H4BN3O/c1-4-5-2-9-10-3-6(5)7(12)11(4)8/h2-3H,1H2. The third-order valence-electron chi connectivity index (χ3n) is 1.78. The van der Waals surface area contributed by atoms with Gasteiger partial charge in [0.2, 0.25) is 13.9 Å². The van der Waals surface area contributed by atoms with Crippen LogP contribution in [0.2, 0.25) is 0 Å². The van der Waals surface area contributed by atoms with Gasteiger partial charge in [0, 0.05) is 11.3 Å². The largest absolute Gasteiger partial charge is 0.365 e. The molecule has 0 saturated heterocycles. The summed E-state index contributed by atoms with van der Waals surface area (Å²) in [4.78, 5) is 12.3. The third-order valence-corrected chi connectivity index (χ3v) is 1.78. The molecular formula is C7H4BN3O. The minimum absolute atomic E-state index is 0.287. The Hall–Kier alpha value is -1.65. The Labute approximate surface area is 70.3 Å². The molecule has 1 amide bonds. The van der Waals surface area contributed by atoms with Crippen molar-refractivity contribution in [2.24, 2.45) is 0 Å². The van der Waals surface area contributed by atoms with Gasteiger partial charge in [-0.15, -0.1) is 0 Å². The number of carbonyl (C=O) groups excluding carboxylic acids is 1. The first-order chi connectivity index (χ1) is 5.72. The fourth-order valence-corrected chi connectivity index (χ4v) is 1.10. The van der Waals surface area contributed by atoms with Crippen LogP contribution in [-0.4, -0.2) is 28.9 Å². The van der Waals surface area contributed by atoms with Crippen molar-refractivity contribution in [3.05, 3.63) is 30.1 Å². The highest BCUT2D eigenvalue weighted by molar-refractivity contribution is 6.27. The van der Waals surface area contributed by atoms with Crippen LogP contribution in [0.25, 0.3) is 5.70 Å². The number of fused-ring (bicyclic) bond motifs is 1. The van der Waals surface area contributed by atoms with E-state index in [1.165, 1.54) is 12.4 Å². The van der Waals surface area contributed by atoms with E-state index in [0.717, 1.165) is 4.81 Å². The highest BCUT2D eigenvalue weighted by Crippen LogP contribution is 2.27. The molecule has 12 heavy (non-hydrogen) atoms. The minimum Gasteiger partial charge on any atom is -0.365 e. The van der Waals surface area contributed by atoms with Gasteiger partial charge in [-0.2, -0.15) is 10.2 Å². The van der Waals surface area contributed by atoms with Crippen molar-refractivity contribution in [1.29, 1.82) is 0 Å². The number of aromatic nitrogens is 2. The summed E-state index contributed by atoms with van der Waals surface area (Å²) < 4.78 is 0. The van der Waals surface area contributed by atoms with E-state index >= 15 is 0 Å². The quantitative estimate of drug-likeness (QED) is 0.497. The molecule has 1 aromatic rings. The van der Waals surface area contributed by atoms with Crippen LogP contribution in [0.3, 0.4) is 0 Å².